The fraction of sp³-hybridized carbons (Fsp3) is 0.438. The van der Waals surface area contributed by atoms with Gasteiger partial charge in [0, 0.05) is 50.4 Å². The molecule has 0 saturated carbocycles. The number of amides is 5. The van der Waals surface area contributed by atoms with Crippen molar-refractivity contribution in [2.45, 2.75) is 109 Å². The Morgan fingerprint density at radius 3 is 1.68 bits per heavy atom. The smallest absolute Gasteiger partial charge is 0.253 e. The molecule has 4 N–H and O–H groups in total. The zero-order valence-corrected chi connectivity index (χ0v) is 46.9. The third-order valence-corrected chi connectivity index (χ3v) is 14.4. The molecule has 2 fully saturated rings. The molecule has 0 aliphatic carbocycles. The van der Waals surface area contributed by atoms with E-state index in [2.05, 4.69) is 113 Å². The highest BCUT2D eigenvalue weighted by Crippen LogP contribution is 2.24. The number of nitrogens with zero attached hydrogens (tertiary/aromatic N) is 4. The fourth-order valence-electron chi connectivity index (χ4n) is 9.90. The van der Waals surface area contributed by atoms with E-state index >= 15 is 0 Å². The molecule has 3 unspecified atom stereocenters. The quantitative estimate of drug-likeness (QED) is 0.0390. The number of aryl methyl sites for hydroxylation is 3. The average Bonchev–Trinajstić information content (AvgIpc) is 4.12. The van der Waals surface area contributed by atoms with Gasteiger partial charge in [0.05, 0.1) is 19.1 Å². The van der Waals surface area contributed by atoms with Gasteiger partial charge in [0.1, 0.15) is 12.3 Å². The van der Waals surface area contributed by atoms with Crippen LogP contribution in [0.25, 0.3) is 11.1 Å². The number of hydrogen-bond acceptors (Lipinski definition) is 9. The molecule has 78 heavy (non-hydrogen) atoms. The van der Waals surface area contributed by atoms with Crippen LogP contribution in [0.5, 0.6) is 0 Å². The minimum atomic E-state index is -0.563. The Morgan fingerprint density at radius 1 is 0.628 bits per heavy atom. The largest absolute Gasteiger partial charge is 0.345 e. The van der Waals surface area contributed by atoms with E-state index in [1.165, 1.54) is 28.7 Å². The van der Waals surface area contributed by atoms with Crippen molar-refractivity contribution in [3.8, 4) is 11.1 Å². The van der Waals surface area contributed by atoms with Gasteiger partial charge in [0.15, 0.2) is 0 Å². The molecule has 2 saturated heterocycles. The summed E-state index contributed by atoms with van der Waals surface area (Å²) in [6, 6.07) is 46.4. The molecule has 0 radical (unpaired) electrons. The molecule has 2 aliphatic heterocycles. The van der Waals surface area contributed by atoms with Gasteiger partial charge in [-0.15, -0.1) is 0 Å². The zero-order valence-electron chi connectivity index (χ0n) is 46.9. The lowest BCUT2D eigenvalue weighted by Crippen LogP contribution is -2.53. The second-order valence-electron chi connectivity index (χ2n) is 20.5. The molecule has 5 amide bonds. The van der Waals surface area contributed by atoms with E-state index < -0.39 is 12.1 Å². The normalized spacial score (nSPS) is 15.6. The van der Waals surface area contributed by atoms with Crippen LogP contribution in [0.2, 0.25) is 0 Å². The lowest BCUT2D eigenvalue weighted by atomic mass is 10.0. The number of likely N-dealkylation sites (N-methyl/N-ethyl adjacent to an activating group) is 3. The molecule has 0 bridgehead atoms. The number of benzene rings is 5. The molecule has 418 valence electrons. The maximum atomic E-state index is 13.5. The van der Waals surface area contributed by atoms with E-state index in [1.807, 2.05) is 83.8 Å². The molecular weight excluding hydrogens is 977 g/mol. The molecule has 5 aromatic rings. The summed E-state index contributed by atoms with van der Waals surface area (Å²) in [6.45, 7) is 9.21. The van der Waals surface area contributed by atoms with Crippen molar-refractivity contribution in [2.24, 2.45) is 0 Å². The van der Waals surface area contributed by atoms with E-state index in [9.17, 15) is 28.8 Å². The highest BCUT2D eigenvalue weighted by Gasteiger charge is 2.34. The van der Waals surface area contributed by atoms with Crippen molar-refractivity contribution in [1.82, 2.24) is 40.9 Å². The van der Waals surface area contributed by atoms with Crippen LogP contribution in [0, 0.1) is 6.92 Å². The van der Waals surface area contributed by atoms with Crippen molar-refractivity contribution < 1.29 is 28.8 Å². The molecule has 2 aliphatic rings. The van der Waals surface area contributed by atoms with Gasteiger partial charge in [-0.05, 0) is 139 Å². The predicted molar refractivity (Wildman–Crippen MR) is 313 cm³/mol. The van der Waals surface area contributed by atoms with Crippen molar-refractivity contribution in [2.75, 3.05) is 73.5 Å². The maximum Gasteiger partial charge on any atom is 0.253 e. The summed E-state index contributed by atoms with van der Waals surface area (Å²) in [7, 11) is 5.58. The van der Waals surface area contributed by atoms with Gasteiger partial charge in [-0.25, -0.2) is 0 Å². The molecule has 2 heterocycles. The fourth-order valence-corrected chi connectivity index (χ4v) is 9.90. The van der Waals surface area contributed by atoms with Gasteiger partial charge >= 0.3 is 0 Å². The second-order valence-corrected chi connectivity index (χ2v) is 20.5. The first-order valence-electron chi connectivity index (χ1n) is 28.1. The summed E-state index contributed by atoms with van der Waals surface area (Å²) in [6.07, 6.45) is 11.4. The molecule has 4 atom stereocenters. The SMILES string of the molecule is CCCCN(C=O)CC1CCCN1C(=O)C(CCc1ccccc1)NC(=O)CNC.CNCC(=O)N[C@H](C=O)CCc1ccccc1.Cc1ccc(-c2ccc(C(=O)N(CCc3ccccc3)CC3CCCN3C)cc2)cc1. The first-order valence-corrected chi connectivity index (χ1v) is 28.1. The lowest BCUT2D eigenvalue weighted by Gasteiger charge is -2.32. The lowest BCUT2D eigenvalue weighted by molar-refractivity contribution is -0.138. The average molecular weight is 1060 g/mol. The van der Waals surface area contributed by atoms with Gasteiger partial charge in [0.25, 0.3) is 5.91 Å². The van der Waals surface area contributed by atoms with Crippen LogP contribution in [0.3, 0.4) is 0 Å². The summed E-state index contributed by atoms with van der Waals surface area (Å²) in [5, 5.41) is 11.2. The number of likely N-dealkylation sites (tertiary alicyclic amines) is 2. The highest BCUT2D eigenvalue weighted by atomic mass is 16.2. The number of rotatable bonds is 27. The molecule has 14 nitrogen and oxygen atoms in total. The summed E-state index contributed by atoms with van der Waals surface area (Å²) in [4.78, 5) is 80.7. The first-order chi connectivity index (χ1) is 37.9. The van der Waals surface area contributed by atoms with Crippen molar-refractivity contribution in [1.29, 1.82) is 0 Å². The first kappa shape index (κ1) is 61.8. The van der Waals surface area contributed by atoms with E-state index in [0.29, 0.717) is 38.4 Å². The predicted octanol–water partition coefficient (Wildman–Crippen LogP) is 7.54. The van der Waals surface area contributed by atoms with Crippen LogP contribution in [-0.2, 0) is 43.2 Å². The van der Waals surface area contributed by atoms with Crippen LogP contribution >= 0.6 is 0 Å². The minimum absolute atomic E-state index is 0.0139. The molecule has 5 aromatic carbocycles. The molecular formula is C64H86N8O6. The van der Waals surface area contributed by atoms with Crippen LogP contribution in [0.4, 0.5) is 0 Å². The summed E-state index contributed by atoms with van der Waals surface area (Å²) in [5.41, 5.74) is 7.92. The van der Waals surface area contributed by atoms with Crippen molar-refractivity contribution in [3.05, 3.63) is 167 Å². The standard InChI is InChI=1S/C28H32N2O.C23H36N4O3.C13H18N2O2/c1-22-10-12-24(13-11-22)25-14-16-26(17-15-25)28(31)30(21-27-9-6-19-29(27)2)20-18-23-7-4-3-5-8-23;1-3-4-14-26(18-28)17-20-11-8-15-27(20)23(30)21(25-22(29)16-24-2)13-12-19-9-6-5-7-10-19;1-14-9-13(17)15-12(10-16)8-7-11-5-3-2-4-6-11/h3-5,7-8,10-17,27H,6,9,18-21H2,1-2H3;5-7,9-10,18,20-21,24H,3-4,8,11-17H2,1-2H3,(H,25,29);2-6,10,12,14H,7-9H2,1H3,(H,15,17)/t;;12-/m..0/s1. The topological polar surface area (TPSA) is 164 Å². The van der Waals surface area contributed by atoms with Crippen molar-refractivity contribution >= 4 is 36.3 Å². The van der Waals surface area contributed by atoms with E-state index in [-0.39, 0.29) is 42.8 Å². The Hall–Kier alpha value is -7.00. The minimum Gasteiger partial charge on any atom is -0.345 e. The Kier molecular flexibility index (Phi) is 27.5. The van der Waals surface area contributed by atoms with Gasteiger partial charge in [0.2, 0.25) is 24.1 Å². The van der Waals surface area contributed by atoms with Gasteiger partial charge in [-0.2, -0.15) is 0 Å². The number of nitrogens with one attached hydrogen (secondary N) is 4. The van der Waals surface area contributed by atoms with E-state index in [1.54, 1.807) is 19.0 Å². The summed E-state index contributed by atoms with van der Waals surface area (Å²) < 4.78 is 0. The Labute approximate surface area is 464 Å². The zero-order chi connectivity index (χ0) is 55.9. The van der Waals surface area contributed by atoms with E-state index in [0.717, 1.165) is 101 Å². The van der Waals surface area contributed by atoms with Crippen LogP contribution in [0.1, 0.15) is 90.9 Å². The van der Waals surface area contributed by atoms with Gasteiger partial charge in [-0.3, -0.25) is 24.0 Å². The van der Waals surface area contributed by atoms with Gasteiger partial charge in [-0.1, -0.05) is 146 Å². The Balaban J connectivity index is 0.000000225. The number of unbranched alkanes of at least 4 members (excludes halogenated alkanes) is 1. The number of carbonyl (C=O) groups excluding carboxylic acids is 6. The number of aldehydes is 1. The Bertz CT molecular complexity index is 2530. The molecule has 7 rings (SSSR count). The van der Waals surface area contributed by atoms with Crippen LogP contribution < -0.4 is 21.3 Å². The molecule has 14 heteroatoms. The maximum absolute atomic E-state index is 13.5. The monoisotopic (exact) mass is 1060 g/mol. The Morgan fingerprint density at radius 2 is 1.15 bits per heavy atom. The van der Waals surface area contributed by atoms with Crippen molar-refractivity contribution in [3.63, 3.8) is 0 Å². The van der Waals surface area contributed by atoms with Crippen LogP contribution in [0.15, 0.2) is 140 Å². The van der Waals surface area contributed by atoms with Crippen LogP contribution in [-0.4, -0.2) is 154 Å². The third-order valence-electron chi connectivity index (χ3n) is 14.4. The van der Waals surface area contributed by atoms with E-state index in [4.69, 9.17) is 0 Å². The second kappa shape index (κ2) is 34.7. The third kappa shape index (κ3) is 21.4. The summed E-state index contributed by atoms with van der Waals surface area (Å²) >= 11 is 0. The van der Waals surface area contributed by atoms with Gasteiger partial charge < -0.3 is 45.7 Å². The summed E-state index contributed by atoms with van der Waals surface area (Å²) in [5.74, 6) is -0.249. The molecule has 0 aromatic heterocycles. The number of hydrogen-bond donors (Lipinski definition) is 4. The molecule has 0 spiro atoms. The highest BCUT2D eigenvalue weighted by molar-refractivity contribution is 5.95. The number of carbonyl (C=O) groups is 6.